The lowest BCUT2D eigenvalue weighted by Crippen LogP contribution is -2.52. The minimum atomic E-state index is -1.58. The molecule has 1 saturated heterocycles. The van der Waals surface area contributed by atoms with Crippen molar-refractivity contribution in [2.75, 3.05) is 26.2 Å². The lowest BCUT2D eigenvalue weighted by atomic mass is 9.95. The van der Waals surface area contributed by atoms with Crippen LogP contribution in [-0.4, -0.2) is 78.8 Å². The van der Waals surface area contributed by atoms with Gasteiger partial charge in [-0.05, 0) is 82.3 Å². The third kappa shape index (κ3) is 9.28. The van der Waals surface area contributed by atoms with Crippen LogP contribution in [0.5, 0.6) is 11.5 Å². The summed E-state index contributed by atoms with van der Waals surface area (Å²) in [7, 11) is 0. The van der Waals surface area contributed by atoms with Gasteiger partial charge in [0, 0.05) is 67.0 Å². The number of hydrogen-bond donors (Lipinski definition) is 4. The molecule has 2 aromatic carbocycles. The molecule has 0 spiro atoms. The van der Waals surface area contributed by atoms with Crippen LogP contribution in [0, 0.1) is 32.1 Å². The fourth-order valence-corrected chi connectivity index (χ4v) is 6.66. The number of unbranched alkanes of at least 4 members (excludes halogenated alkanes) is 1. The van der Waals surface area contributed by atoms with Crippen LogP contribution in [-0.2, 0) is 31.1 Å². The van der Waals surface area contributed by atoms with E-state index >= 15 is 0 Å². The minimum absolute atomic E-state index is 0.0330. The number of ether oxygens (including phenoxy) is 2. The monoisotopic (exact) mass is 730 g/mol. The van der Waals surface area contributed by atoms with E-state index in [1.165, 1.54) is 13.1 Å². The summed E-state index contributed by atoms with van der Waals surface area (Å²) in [6.45, 7) is 10.9. The number of aliphatic carboxylic acids is 1. The predicted octanol–water partition coefficient (Wildman–Crippen LogP) is 5.33. The quantitative estimate of drug-likeness (QED) is 0.104. The first-order chi connectivity index (χ1) is 24.9. The van der Waals surface area contributed by atoms with Gasteiger partial charge < -0.3 is 29.7 Å². The van der Waals surface area contributed by atoms with Gasteiger partial charge in [-0.3, -0.25) is 19.8 Å². The molecule has 52 heavy (non-hydrogen) atoms. The Morgan fingerprint density at radius 1 is 1.10 bits per heavy atom. The van der Waals surface area contributed by atoms with Crippen LogP contribution in [0.15, 0.2) is 48.8 Å². The van der Waals surface area contributed by atoms with Gasteiger partial charge in [0.2, 0.25) is 0 Å². The normalized spacial score (nSPS) is 15.7. The summed E-state index contributed by atoms with van der Waals surface area (Å²) < 4.78 is 14.6. The SMILES string of the molecule is Cc1nn(CCCCN2CCC(O)C2)c(C)c1-c1cccc(COc2cc(OCc3cncc(C#N)c3)c(CNC(C)(CO)C(=O)O)cc2Cl)c1C. The highest BCUT2D eigenvalue weighted by Gasteiger charge is 2.32. The van der Waals surface area contributed by atoms with Gasteiger partial charge in [-0.1, -0.05) is 29.8 Å². The van der Waals surface area contributed by atoms with E-state index in [9.17, 15) is 25.4 Å². The van der Waals surface area contributed by atoms with Gasteiger partial charge in [0.05, 0.1) is 29.0 Å². The molecule has 0 amide bonds. The van der Waals surface area contributed by atoms with Gasteiger partial charge in [-0.15, -0.1) is 0 Å². The average Bonchev–Trinajstić information content (AvgIpc) is 3.68. The molecule has 2 atom stereocenters. The molecule has 12 nitrogen and oxygen atoms in total. The van der Waals surface area contributed by atoms with Crippen molar-refractivity contribution in [2.45, 2.75) is 84.9 Å². The lowest BCUT2D eigenvalue weighted by Gasteiger charge is -2.25. The number of rotatable bonds is 17. The molecule has 1 aliphatic heterocycles. The van der Waals surface area contributed by atoms with Gasteiger partial charge in [0.25, 0.3) is 0 Å². The topological polar surface area (TPSA) is 166 Å². The summed E-state index contributed by atoms with van der Waals surface area (Å²) in [6.07, 6.45) is 5.79. The Balaban J connectivity index is 1.32. The third-order valence-corrected chi connectivity index (χ3v) is 10.0. The fourth-order valence-electron chi connectivity index (χ4n) is 6.42. The molecule has 0 bridgehead atoms. The molecule has 0 aliphatic carbocycles. The number of β-amino-alcohol motifs (C(OH)–C–C–N with tert-alkyl or cyclic N) is 1. The number of carboxylic acid groups (broad SMARTS) is 1. The van der Waals surface area contributed by atoms with Crippen molar-refractivity contribution in [1.82, 2.24) is 25.0 Å². The highest BCUT2D eigenvalue weighted by Crippen LogP contribution is 2.36. The number of halogens is 1. The van der Waals surface area contributed by atoms with Crippen LogP contribution in [0.25, 0.3) is 11.1 Å². The van der Waals surface area contributed by atoms with Gasteiger partial charge >= 0.3 is 5.97 Å². The summed E-state index contributed by atoms with van der Waals surface area (Å²) in [4.78, 5) is 18.2. The van der Waals surface area contributed by atoms with Crippen LogP contribution < -0.4 is 14.8 Å². The third-order valence-electron chi connectivity index (χ3n) is 9.71. The van der Waals surface area contributed by atoms with Crippen molar-refractivity contribution in [3.63, 3.8) is 0 Å². The van der Waals surface area contributed by atoms with Gasteiger partial charge in [0.1, 0.15) is 36.3 Å². The van der Waals surface area contributed by atoms with E-state index in [1.54, 1.807) is 24.4 Å². The number of likely N-dealkylation sites (tertiary alicyclic amines) is 1. The molecular formula is C39H47ClN6O6. The van der Waals surface area contributed by atoms with Crippen LogP contribution in [0.4, 0.5) is 0 Å². The Morgan fingerprint density at radius 3 is 2.58 bits per heavy atom. The zero-order valence-corrected chi connectivity index (χ0v) is 30.9. The number of hydrogen-bond acceptors (Lipinski definition) is 10. The first-order valence-corrected chi connectivity index (χ1v) is 17.8. The van der Waals surface area contributed by atoms with Crippen LogP contribution in [0.3, 0.4) is 0 Å². The highest BCUT2D eigenvalue weighted by molar-refractivity contribution is 6.32. The van der Waals surface area contributed by atoms with Crippen molar-refractivity contribution in [3.05, 3.63) is 93.0 Å². The number of aryl methyl sites for hydroxylation is 2. The molecule has 4 aromatic rings. The van der Waals surface area contributed by atoms with Crippen molar-refractivity contribution in [3.8, 4) is 28.7 Å². The van der Waals surface area contributed by atoms with Gasteiger partial charge in [0.15, 0.2) is 0 Å². The van der Waals surface area contributed by atoms with Crippen molar-refractivity contribution in [2.24, 2.45) is 0 Å². The van der Waals surface area contributed by atoms with Crippen LogP contribution in [0.1, 0.15) is 65.4 Å². The molecular weight excluding hydrogens is 684 g/mol. The van der Waals surface area contributed by atoms with E-state index < -0.39 is 18.1 Å². The molecule has 5 rings (SSSR count). The number of aliphatic hydroxyl groups excluding tert-OH is 2. The molecule has 0 radical (unpaired) electrons. The van der Waals surface area contributed by atoms with Crippen molar-refractivity contribution < 1.29 is 29.6 Å². The van der Waals surface area contributed by atoms with E-state index in [-0.39, 0.29) is 25.9 Å². The Bertz CT molecular complexity index is 1930. The minimum Gasteiger partial charge on any atom is -0.488 e. The predicted molar refractivity (Wildman–Crippen MR) is 197 cm³/mol. The Hall–Kier alpha value is -4.51. The van der Waals surface area contributed by atoms with E-state index in [0.717, 1.165) is 79.1 Å². The second-order valence-corrected chi connectivity index (χ2v) is 14.0. The Morgan fingerprint density at radius 2 is 1.87 bits per heavy atom. The van der Waals surface area contributed by atoms with Crippen molar-refractivity contribution in [1.29, 1.82) is 5.26 Å². The molecule has 1 aliphatic rings. The molecule has 276 valence electrons. The maximum absolute atomic E-state index is 11.8. The number of nitrogens with zero attached hydrogens (tertiary/aromatic N) is 5. The summed E-state index contributed by atoms with van der Waals surface area (Å²) in [6, 6.07) is 13.2. The maximum atomic E-state index is 11.8. The highest BCUT2D eigenvalue weighted by atomic mass is 35.5. The molecule has 0 saturated carbocycles. The first-order valence-electron chi connectivity index (χ1n) is 17.5. The summed E-state index contributed by atoms with van der Waals surface area (Å²) in [5, 5.41) is 46.6. The molecule has 2 aromatic heterocycles. The number of aliphatic hydroxyl groups is 2. The first kappa shape index (κ1) is 38.7. The number of carbonyl (C=O) groups is 1. The van der Waals surface area contributed by atoms with E-state index in [4.69, 9.17) is 26.2 Å². The second-order valence-electron chi connectivity index (χ2n) is 13.6. The maximum Gasteiger partial charge on any atom is 0.326 e. The number of carboxylic acids is 1. The largest absolute Gasteiger partial charge is 0.488 e. The molecule has 13 heteroatoms. The van der Waals surface area contributed by atoms with Crippen LogP contribution >= 0.6 is 11.6 Å². The van der Waals surface area contributed by atoms with Gasteiger partial charge in [-0.2, -0.15) is 10.4 Å². The zero-order valence-electron chi connectivity index (χ0n) is 30.2. The average molecular weight is 731 g/mol. The van der Waals surface area contributed by atoms with Crippen LogP contribution in [0.2, 0.25) is 5.02 Å². The standard InChI is InChI=1S/C39H47ClN6O6/c1-25-30(8-7-9-33(25)37-26(2)44-46(27(37)3)12-6-5-11-45-13-10-32(48)21-45)23-52-36-16-35(51-22-29-14-28(17-41)18-42-19-29)31(15-34(36)40)20-43-39(4,24-47)38(49)50/h7-9,14-16,18-19,32,43,47-48H,5-6,10-13,20-24H2,1-4H3,(H,49,50). The summed E-state index contributed by atoms with van der Waals surface area (Å²) >= 11 is 6.73. The summed E-state index contributed by atoms with van der Waals surface area (Å²) in [5.74, 6) is -0.434. The van der Waals surface area contributed by atoms with Gasteiger partial charge in [-0.25, -0.2) is 0 Å². The molecule has 3 heterocycles. The smallest absolute Gasteiger partial charge is 0.326 e. The van der Waals surface area contributed by atoms with E-state index in [2.05, 4.69) is 45.9 Å². The molecule has 1 fully saturated rings. The van der Waals surface area contributed by atoms with Crippen molar-refractivity contribution >= 4 is 17.6 Å². The number of aromatic nitrogens is 3. The number of pyridine rings is 1. The zero-order chi connectivity index (χ0) is 37.4. The number of nitriles is 1. The van der Waals surface area contributed by atoms with E-state index in [1.807, 2.05) is 19.1 Å². The number of nitrogens with one attached hydrogen (secondary N) is 1. The Kier molecular flexibility index (Phi) is 12.9. The fraction of sp³-hybridized carbons (Fsp3) is 0.436. The number of benzene rings is 2. The molecule has 4 N–H and O–H groups in total. The molecule has 2 unspecified atom stereocenters. The Labute approximate surface area is 309 Å². The second kappa shape index (κ2) is 17.3. The summed E-state index contributed by atoms with van der Waals surface area (Å²) in [5.41, 5.74) is 6.35. The van der Waals surface area contributed by atoms with E-state index in [0.29, 0.717) is 33.2 Å². The lowest BCUT2D eigenvalue weighted by molar-refractivity contribution is -0.145.